The minimum absolute atomic E-state index is 0.0264. The zero-order valence-corrected chi connectivity index (χ0v) is 29.2. The third-order valence-electron chi connectivity index (χ3n) is 9.36. The van der Waals surface area contributed by atoms with Crippen molar-refractivity contribution in [3.63, 3.8) is 0 Å². The molecule has 5 aromatic carbocycles. The number of rotatable bonds is 14. The van der Waals surface area contributed by atoms with Gasteiger partial charge in [0.15, 0.2) is 11.9 Å². The lowest BCUT2D eigenvalue weighted by Gasteiger charge is -2.43. The van der Waals surface area contributed by atoms with Gasteiger partial charge in [0.25, 0.3) is 0 Å². The maximum Gasteiger partial charge on any atom is 0.193 e. The molecule has 1 fully saturated rings. The van der Waals surface area contributed by atoms with Crippen LogP contribution in [-0.2, 0) is 38.8 Å². The molecule has 266 valence electrons. The molecular formula is C44H42O8. The molecule has 0 amide bonds. The Balaban J connectivity index is 1.23. The predicted octanol–water partition coefficient (Wildman–Crippen LogP) is 8.19. The van der Waals surface area contributed by atoms with E-state index in [0.29, 0.717) is 31.1 Å². The average Bonchev–Trinajstić information content (AvgIpc) is 3.54. The lowest BCUT2D eigenvalue weighted by Crippen LogP contribution is -2.57. The van der Waals surface area contributed by atoms with Crippen molar-refractivity contribution in [2.45, 2.75) is 57.3 Å². The summed E-state index contributed by atoms with van der Waals surface area (Å²) in [5, 5.41) is 11.2. The van der Waals surface area contributed by atoms with Gasteiger partial charge in [-0.05, 0) is 35.3 Å². The van der Waals surface area contributed by atoms with Crippen molar-refractivity contribution < 1.29 is 38.3 Å². The summed E-state index contributed by atoms with van der Waals surface area (Å²) in [4.78, 5) is 13.7. The van der Waals surface area contributed by atoms with E-state index in [4.69, 9.17) is 28.4 Å². The Morgan fingerprint density at radius 3 is 1.94 bits per heavy atom. The van der Waals surface area contributed by atoms with Crippen molar-refractivity contribution in [3.05, 3.63) is 166 Å². The molecule has 2 aliphatic heterocycles. The van der Waals surface area contributed by atoms with Crippen LogP contribution in [0.1, 0.15) is 49.8 Å². The molecule has 0 bridgehead atoms. The highest BCUT2D eigenvalue weighted by molar-refractivity contribution is 6.11. The second-order valence-electron chi connectivity index (χ2n) is 13.0. The molecule has 5 atom stereocenters. The summed E-state index contributed by atoms with van der Waals surface area (Å²) in [5.41, 5.74) is 5.55. The molecule has 2 heterocycles. The quantitative estimate of drug-likeness (QED) is 0.0917. The number of phenolic OH excluding ortho intramolecular Hbond substituents is 1. The molecule has 0 unspecified atom stereocenters. The molecule has 0 spiro atoms. The number of aromatic hydroxyl groups is 1. The van der Waals surface area contributed by atoms with Crippen LogP contribution in [0.25, 0.3) is 6.08 Å². The number of carbonyl (C=O) groups excluding carboxylic acids is 1. The van der Waals surface area contributed by atoms with E-state index in [0.717, 1.165) is 27.8 Å². The van der Waals surface area contributed by atoms with Gasteiger partial charge in [-0.2, -0.15) is 0 Å². The number of fused-ring (bicyclic) bond motifs is 3. The maximum absolute atomic E-state index is 13.7. The summed E-state index contributed by atoms with van der Waals surface area (Å²) in [7, 11) is 1.47. The molecule has 1 saturated heterocycles. The Hall–Kier alpha value is -5.25. The topological polar surface area (TPSA) is 92.7 Å². The molecule has 8 nitrogen and oxygen atoms in total. The number of allylic oxidation sites excluding steroid dienone is 1. The number of ether oxygens (including phenoxy) is 6. The van der Waals surface area contributed by atoms with Gasteiger partial charge in [0.2, 0.25) is 0 Å². The van der Waals surface area contributed by atoms with E-state index in [2.05, 4.69) is 0 Å². The van der Waals surface area contributed by atoms with Crippen LogP contribution in [0.15, 0.2) is 127 Å². The highest BCUT2D eigenvalue weighted by Gasteiger charge is 2.54. The molecule has 0 aliphatic carbocycles. The summed E-state index contributed by atoms with van der Waals surface area (Å²) < 4.78 is 39.0. The third kappa shape index (κ3) is 7.96. The van der Waals surface area contributed by atoms with Crippen LogP contribution < -0.4 is 9.47 Å². The van der Waals surface area contributed by atoms with Gasteiger partial charge in [0, 0.05) is 6.07 Å². The first-order valence-corrected chi connectivity index (χ1v) is 17.5. The Morgan fingerprint density at radius 2 is 1.35 bits per heavy atom. The van der Waals surface area contributed by atoms with E-state index < -0.39 is 36.3 Å². The minimum atomic E-state index is -0.721. The van der Waals surface area contributed by atoms with E-state index in [1.807, 2.05) is 122 Å². The third-order valence-corrected chi connectivity index (χ3v) is 9.36. The van der Waals surface area contributed by atoms with Crippen molar-refractivity contribution in [1.82, 2.24) is 0 Å². The molecule has 52 heavy (non-hydrogen) atoms. The van der Waals surface area contributed by atoms with Crippen LogP contribution in [0, 0.1) is 6.92 Å². The first-order chi connectivity index (χ1) is 25.5. The Labute approximate surface area is 304 Å². The zero-order valence-electron chi connectivity index (χ0n) is 29.2. The largest absolute Gasteiger partial charge is 0.507 e. The maximum atomic E-state index is 13.7. The predicted molar refractivity (Wildman–Crippen MR) is 197 cm³/mol. The van der Waals surface area contributed by atoms with Crippen LogP contribution in [0.2, 0.25) is 0 Å². The highest BCUT2D eigenvalue weighted by atomic mass is 16.6. The second kappa shape index (κ2) is 16.4. The van der Waals surface area contributed by atoms with E-state index in [1.165, 1.54) is 19.3 Å². The molecule has 7 rings (SSSR count). The van der Waals surface area contributed by atoms with Gasteiger partial charge < -0.3 is 33.5 Å². The lowest BCUT2D eigenvalue weighted by atomic mass is 9.90. The van der Waals surface area contributed by atoms with Crippen molar-refractivity contribution in [2.24, 2.45) is 0 Å². The molecule has 2 aliphatic rings. The number of hydrogen-bond acceptors (Lipinski definition) is 8. The van der Waals surface area contributed by atoms with Crippen LogP contribution in [0.3, 0.4) is 0 Å². The Bertz CT molecular complexity index is 1960. The number of methoxy groups -OCH3 is 1. The van der Waals surface area contributed by atoms with Crippen molar-refractivity contribution in [1.29, 1.82) is 0 Å². The number of aryl methyl sites for hydroxylation is 1. The number of hydrogen-bond donors (Lipinski definition) is 1. The van der Waals surface area contributed by atoms with Crippen molar-refractivity contribution in [3.8, 4) is 17.2 Å². The Morgan fingerprint density at radius 1 is 0.769 bits per heavy atom. The highest BCUT2D eigenvalue weighted by Crippen LogP contribution is 2.53. The first-order valence-electron chi connectivity index (χ1n) is 17.5. The molecule has 0 saturated carbocycles. The average molecular weight is 699 g/mol. The van der Waals surface area contributed by atoms with Gasteiger partial charge in [-0.25, -0.2) is 0 Å². The standard InChI is InChI=1S/C44H42O8/c1-29-18-20-30(21-19-29)22-23-34(45)38-35(46)24-36-39(41(38)47-2)42-44(51-36)43(50-27-33-16-10-5-11-17-33)40(49-26-32-14-8-4-9-15-32)37(52-42)28-48-25-31-12-6-3-7-13-31/h3-24,37,40,42-44,46H,25-28H2,1-2H3/t37-,40-,42+,43+,44-/m1/s1. The smallest absolute Gasteiger partial charge is 0.193 e. The monoisotopic (exact) mass is 698 g/mol. The summed E-state index contributed by atoms with van der Waals surface area (Å²) in [5.74, 6) is -0.130. The fourth-order valence-corrected chi connectivity index (χ4v) is 6.74. The summed E-state index contributed by atoms with van der Waals surface area (Å²) in [6.45, 7) is 3.20. The zero-order chi connectivity index (χ0) is 35.9. The van der Waals surface area contributed by atoms with Gasteiger partial charge in [0.05, 0.1) is 39.1 Å². The Kier molecular flexibility index (Phi) is 11.1. The van der Waals surface area contributed by atoms with E-state index >= 15 is 0 Å². The molecule has 8 heteroatoms. The molecule has 0 radical (unpaired) electrons. The van der Waals surface area contributed by atoms with Gasteiger partial charge >= 0.3 is 0 Å². The lowest BCUT2D eigenvalue weighted by molar-refractivity contribution is -0.250. The van der Waals surface area contributed by atoms with Gasteiger partial charge in [-0.3, -0.25) is 4.79 Å². The first kappa shape index (κ1) is 35.2. The van der Waals surface area contributed by atoms with E-state index in [1.54, 1.807) is 6.08 Å². The second-order valence-corrected chi connectivity index (χ2v) is 13.0. The van der Waals surface area contributed by atoms with Crippen LogP contribution in [0.4, 0.5) is 0 Å². The number of benzene rings is 5. The normalized spacial score (nSPS) is 20.6. The van der Waals surface area contributed by atoms with Gasteiger partial charge in [-0.15, -0.1) is 0 Å². The number of phenols is 1. The SMILES string of the molecule is COc1c(C(=O)C=Cc2ccc(C)cc2)c(O)cc2c1[C@@H]1O[C@H](COCc3ccccc3)[C@@H](OCc3ccccc3)[C@H](OCc3ccccc3)[C@@H]1O2. The molecule has 1 N–H and O–H groups in total. The number of carbonyl (C=O) groups is 1. The van der Waals surface area contributed by atoms with Gasteiger partial charge in [-0.1, -0.05) is 127 Å². The molecule has 5 aromatic rings. The fourth-order valence-electron chi connectivity index (χ4n) is 6.74. The van der Waals surface area contributed by atoms with Crippen LogP contribution in [-0.4, -0.2) is 49.0 Å². The van der Waals surface area contributed by atoms with Crippen LogP contribution in [0.5, 0.6) is 17.2 Å². The molecular weight excluding hydrogens is 656 g/mol. The van der Waals surface area contributed by atoms with E-state index in [9.17, 15) is 9.90 Å². The van der Waals surface area contributed by atoms with E-state index in [-0.39, 0.29) is 23.7 Å². The van der Waals surface area contributed by atoms with Gasteiger partial charge in [0.1, 0.15) is 47.2 Å². The minimum Gasteiger partial charge on any atom is -0.507 e. The summed E-state index contributed by atoms with van der Waals surface area (Å²) >= 11 is 0. The molecule has 0 aromatic heterocycles. The number of ketones is 1. The fraction of sp³-hybridized carbons (Fsp3) is 0.250. The van der Waals surface area contributed by atoms with Crippen molar-refractivity contribution in [2.75, 3.05) is 13.7 Å². The van der Waals surface area contributed by atoms with Crippen LogP contribution >= 0.6 is 0 Å². The summed E-state index contributed by atoms with van der Waals surface area (Å²) in [6.07, 6.45) is -0.0907. The summed E-state index contributed by atoms with van der Waals surface area (Å²) in [6, 6.07) is 39.0. The van der Waals surface area contributed by atoms with Crippen molar-refractivity contribution >= 4 is 11.9 Å².